The first kappa shape index (κ1) is 106. The third-order valence-electron chi connectivity index (χ3n) is 15.4. The zero-order valence-electron chi connectivity index (χ0n) is 68.9. The zero-order valence-corrected chi connectivity index (χ0v) is 70.7. The lowest BCUT2D eigenvalue weighted by atomic mass is 10.0. The Morgan fingerprint density at radius 3 is 0.756 bits per heavy atom. The maximum atomic E-state index is 10.8. The van der Waals surface area contributed by atoms with Crippen molar-refractivity contribution >= 4 is 124 Å². The fourth-order valence-corrected chi connectivity index (χ4v) is 9.62. The van der Waals surface area contributed by atoms with Crippen molar-refractivity contribution in [2.24, 2.45) is 0 Å². The average molecular weight is 1710 g/mol. The van der Waals surface area contributed by atoms with E-state index in [0.717, 1.165) is 66.8 Å². The van der Waals surface area contributed by atoms with E-state index in [1.54, 1.807) is 112 Å². The van der Waals surface area contributed by atoms with Crippen LogP contribution in [0.5, 0.6) is 0 Å². The summed E-state index contributed by atoms with van der Waals surface area (Å²) >= 11 is 0. The minimum atomic E-state index is -4.45. The lowest BCUT2D eigenvalue weighted by Gasteiger charge is -2.03. The van der Waals surface area contributed by atoms with E-state index in [-0.39, 0.29) is 33.4 Å². The van der Waals surface area contributed by atoms with Gasteiger partial charge in [0, 0.05) is 40.0 Å². The second-order valence-electron chi connectivity index (χ2n) is 26.3. The molecule has 123 heavy (non-hydrogen) atoms. The fraction of sp³-hybridized carbons (Fsp3) is 0.141. The molecule has 0 saturated heterocycles. The van der Waals surface area contributed by atoms with Crippen LogP contribution in [0.2, 0.25) is 0 Å². The number of rotatable bonds is 20. The second kappa shape index (κ2) is 53.1. The molecule has 8 rings (SSSR count). The summed E-state index contributed by atoms with van der Waals surface area (Å²) in [4.78, 5) is 143. The quantitative estimate of drug-likeness (QED) is 0.0191. The first-order valence-corrected chi connectivity index (χ1v) is 38.9. The molecule has 0 aliphatic carbocycles. The Balaban J connectivity index is 0.000000707. The number of nitrogens with zero attached hydrogens (tertiary/aromatic N) is 7. The average Bonchev–Trinajstić information content (AvgIpc) is 0.860. The van der Waals surface area contributed by atoms with Crippen LogP contribution in [0.15, 0.2) is 226 Å². The summed E-state index contributed by atoms with van der Waals surface area (Å²) in [6.07, 6.45) is 17.3. The number of pyridine rings is 2. The molecule has 0 aliphatic rings. The minimum absolute atomic E-state index is 0.0846. The van der Waals surface area contributed by atoms with Crippen molar-refractivity contribution in [2.45, 2.75) is 90.0 Å². The molecule has 0 bridgehead atoms. The van der Waals surface area contributed by atoms with Crippen LogP contribution in [0.3, 0.4) is 0 Å². The van der Waals surface area contributed by atoms with E-state index in [9.17, 15) is 47.5 Å². The smallest absolute Gasteiger partial charge is 0.358 e. The third kappa shape index (κ3) is 44.1. The monoisotopic (exact) mass is 1710 g/mol. The molecule has 8 aromatic rings. The molecular weight excluding hydrogens is 1620 g/mol. The highest BCUT2D eigenvalue weighted by molar-refractivity contribution is 7.57. The molecular formula is C92H89N7O22P2. The number of carbonyl (C=O) groups is 8. The predicted molar refractivity (Wildman–Crippen MR) is 471 cm³/mol. The lowest BCUT2D eigenvalue weighted by molar-refractivity contribution is -0.133. The largest absolute Gasteiger partial charge is 0.486 e. The van der Waals surface area contributed by atoms with Crippen molar-refractivity contribution in [2.75, 3.05) is 0 Å². The van der Waals surface area contributed by atoms with Crippen LogP contribution in [-0.2, 0) is 47.5 Å². The van der Waals surface area contributed by atoms with Crippen LogP contribution in [0.4, 0.5) is 0 Å². The molecule has 29 nitrogen and oxygen atoms in total. The number of hydrogen-bond donors (Lipinski definition) is 12. The van der Waals surface area contributed by atoms with Crippen LogP contribution >= 0.6 is 15.2 Å². The summed E-state index contributed by atoms with van der Waals surface area (Å²) in [5.41, 5.74) is 13.8. The Labute approximate surface area is 711 Å². The van der Waals surface area contributed by atoms with Crippen molar-refractivity contribution in [1.29, 1.82) is 0 Å². The summed E-state index contributed by atoms with van der Waals surface area (Å²) < 4.78 is 21.7. The van der Waals surface area contributed by atoms with Gasteiger partial charge in [0.05, 0.1) is 44.2 Å². The molecule has 0 aliphatic heterocycles. The molecule has 0 saturated carbocycles. The molecule has 0 unspecified atom stereocenters. The number of aliphatic carboxylic acids is 8. The van der Waals surface area contributed by atoms with Crippen LogP contribution in [0.1, 0.15) is 135 Å². The third-order valence-corrected chi connectivity index (χ3v) is 17.3. The molecule has 2 heterocycles. The van der Waals surface area contributed by atoms with E-state index in [0.29, 0.717) is 33.7 Å². The standard InChI is InChI=1S/C15H10N2O4.C15H16O4.C11H9NO2.C11H12O2.C10H8N2O2.C10H10NO3P.C10H11NO2.C10H13O3P/c1-9-4-10(7-12(16-2)14(18)19)6-11(5-9)8-13(17-3)15(20)21;1-9-4-12(6-10(2)14(16)17)8-13(5-9)7-11(3)15(18)19;1-8-3-5-9(6-4-8)7-10(12-2)11(13)14;1-8-3-5-10(6-4-8)7-9(2)11(12)13;1-7-3-4-8(12-6-7)5-9(11-2)10(13)14;1-8-3-5-9(6-4-8)7-10(11-2)15(12,13)14;1-7-3-4-9(11-6-7)5-8(2)10(12)13;1-8-3-5-10(6-4-8)7-9(2)14(11,12)13/h4-8H,1H3,(H,18,19)(H,20,21);4-8H,1-3H3,(H,16,17)(H,18,19);3-7H,1H3,(H,13,14);3-7H,1-2H3,(H,12,13);3-6H,1H3,(H,13,14);3-7H,1H3,(H2,12,13,14);3-6H,1-2H3,(H,12,13);3-7H,1-2H3,(H2,11,12,13)/b12-7-,13-8-;10-6+,11-7+;10-7-;9-7+;9-5-;10-7+;8-5+;9-7+. The van der Waals surface area contributed by atoms with Crippen LogP contribution in [-0.4, -0.2) is 118 Å². The van der Waals surface area contributed by atoms with Gasteiger partial charge in [-0.1, -0.05) is 167 Å². The van der Waals surface area contributed by atoms with Gasteiger partial charge in [0.1, 0.15) is 0 Å². The molecule has 6 aromatic carbocycles. The van der Waals surface area contributed by atoms with Crippen molar-refractivity contribution in [1.82, 2.24) is 9.97 Å². The fourth-order valence-electron chi connectivity index (χ4n) is 8.86. The molecule has 0 radical (unpaired) electrons. The lowest BCUT2D eigenvalue weighted by Crippen LogP contribution is -1.97. The van der Waals surface area contributed by atoms with Gasteiger partial charge >= 0.3 is 62.9 Å². The van der Waals surface area contributed by atoms with E-state index in [1.165, 1.54) is 68.9 Å². The Kier molecular flexibility index (Phi) is 45.5. The minimum Gasteiger partial charge on any atom is -0.486 e. The van der Waals surface area contributed by atoms with Crippen molar-refractivity contribution < 1.29 is 108 Å². The SMILES string of the molecule is C/C(=C\c1cc(C)cc(/C=C(\C)C(=O)O)c1)C(=O)O.C/C(=C\c1ccc(C)cc1)C(=O)O.C/C(=C\c1ccc(C)cc1)P(=O)(O)O.C/C(=C\c1ccc(C)cn1)C(=O)O.[C-]#[N+]/C(=C\c1cc(C)cc(/C=C(\[N+]#[C-])C(=O)O)c1)C(=O)O.[C-]#[N+]/C(=C\c1ccc(C)cc1)C(=O)O.[C-]#[N+]/C(=C\c1ccc(C)cc1)P(=O)(O)O.[C-]#[N+]/C(=C\c1ccc(C)cn1)C(=O)O. The van der Waals surface area contributed by atoms with Gasteiger partial charge in [-0.15, -0.1) is 0 Å². The number of benzene rings is 6. The Bertz CT molecular complexity index is 5550. The number of carboxylic acids is 8. The number of aryl methyl sites for hydroxylation is 8. The molecule has 2 aromatic heterocycles. The summed E-state index contributed by atoms with van der Waals surface area (Å²) in [6, 6.07) is 47.0. The highest BCUT2D eigenvalue weighted by Crippen LogP contribution is 2.47. The molecule has 0 fully saturated rings. The van der Waals surface area contributed by atoms with E-state index >= 15 is 0 Å². The number of hydrogen-bond acceptors (Lipinski definition) is 12. The molecule has 0 atom stereocenters. The normalized spacial score (nSPS) is 11.7. The molecule has 12 N–H and O–H groups in total. The Hall–Kier alpha value is -15.5. The number of carboxylic acid groups (broad SMARTS) is 8. The van der Waals surface area contributed by atoms with Crippen molar-refractivity contribution in [3.8, 4) is 0 Å². The van der Waals surface area contributed by atoms with E-state index in [4.69, 9.17) is 93.3 Å². The van der Waals surface area contributed by atoms with E-state index in [2.05, 4.69) is 34.2 Å². The van der Waals surface area contributed by atoms with Crippen molar-refractivity contribution in [3.05, 3.63) is 383 Å². The molecule has 0 spiro atoms. The van der Waals surface area contributed by atoms with Gasteiger partial charge in [-0.05, 0) is 230 Å². The first-order valence-electron chi connectivity index (χ1n) is 35.7. The van der Waals surface area contributed by atoms with Gasteiger partial charge in [-0.25, -0.2) is 43.4 Å². The van der Waals surface area contributed by atoms with Gasteiger partial charge in [0.2, 0.25) is 0 Å². The Morgan fingerprint density at radius 2 is 0.504 bits per heavy atom. The molecule has 0 amide bonds. The summed E-state index contributed by atoms with van der Waals surface area (Å²) in [5.74, 6) is -8.83. The summed E-state index contributed by atoms with van der Waals surface area (Å²) in [5, 5.41) is 69.8. The highest BCUT2D eigenvalue weighted by Gasteiger charge is 2.22. The predicted octanol–water partition coefficient (Wildman–Crippen LogP) is 19.0. The zero-order chi connectivity index (χ0) is 93.6. The summed E-state index contributed by atoms with van der Waals surface area (Å²) in [7, 11) is -8.52. The Morgan fingerprint density at radius 1 is 0.268 bits per heavy atom. The van der Waals surface area contributed by atoms with Crippen molar-refractivity contribution in [3.63, 3.8) is 0 Å². The first-order chi connectivity index (χ1) is 57.4. The van der Waals surface area contributed by atoms with Gasteiger partial charge in [0.25, 0.3) is 28.2 Å². The van der Waals surface area contributed by atoms with Crippen LogP contribution < -0.4 is 0 Å². The molecule has 31 heteroatoms. The van der Waals surface area contributed by atoms with E-state index < -0.39 is 79.8 Å². The maximum absolute atomic E-state index is 10.8. The van der Waals surface area contributed by atoms with Crippen LogP contribution in [0.25, 0.3) is 85.0 Å². The highest BCUT2D eigenvalue weighted by atomic mass is 31.2. The topological polar surface area (TPSA) is 461 Å². The van der Waals surface area contributed by atoms with E-state index in [1.807, 2.05) is 146 Å². The summed E-state index contributed by atoms with van der Waals surface area (Å²) in [6.45, 7) is 56.4. The van der Waals surface area contributed by atoms with Gasteiger partial charge in [-0.3, -0.25) is 38.3 Å². The second-order valence-corrected chi connectivity index (χ2v) is 29.7. The van der Waals surface area contributed by atoms with Crippen LogP contribution in [0, 0.1) is 88.3 Å². The van der Waals surface area contributed by atoms with Gasteiger partial charge in [-0.2, -0.15) is 0 Å². The van der Waals surface area contributed by atoms with Gasteiger partial charge in [0.15, 0.2) is 0 Å². The van der Waals surface area contributed by atoms with Gasteiger partial charge < -0.3 is 60.4 Å². The number of aromatic nitrogens is 2. The molecule has 634 valence electrons. The number of allylic oxidation sites excluding steroid dienone is 1. The maximum Gasteiger partial charge on any atom is 0.358 e.